The Hall–Kier alpha value is -3.46. The summed E-state index contributed by atoms with van der Waals surface area (Å²) in [5.74, 6) is -0.150. The van der Waals surface area contributed by atoms with Crippen LogP contribution in [0.15, 0.2) is 48.8 Å². The summed E-state index contributed by atoms with van der Waals surface area (Å²) in [5, 5.41) is 8.84. The molecule has 1 aromatic carbocycles. The topological polar surface area (TPSA) is 107 Å². The summed E-state index contributed by atoms with van der Waals surface area (Å²) in [7, 11) is 0. The highest BCUT2D eigenvalue weighted by molar-refractivity contribution is 6.04. The minimum absolute atomic E-state index is 0.0306. The van der Waals surface area contributed by atoms with Crippen LogP contribution in [0.25, 0.3) is 0 Å². The minimum Gasteiger partial charge on any atom is -0.356 e. The SMILES string of the molecule is CCN(CC)CCCNC(=O)C1CCN(C(=O)NCc2ccc(NC(=O)c3cccnc3)cc2)CC1. The van der Waals surface area contributed by atoms with Crippen molar-refractivity contribution in [3.8, 4) is 0 Å². The highest BCUT2D eigenvalue weighted by Gasteiger charge is 2.27. The van der Waals surface area contributed by atoms with Crippen LogP contribution >= 0.6 is 0 Å². The molecule has 4 amide bonds. The van der Waals surface area contributed by atoms with Crippen molar-refractivity contribution in [1.29, 1.82) is 0 Å². The lowest BCUT2D eigenvalue weighted by Gasteiger charge is -2.31. The monoisotopic (exact) mass is 494 g/mol. The number of carbonyl (C=O) groups is 3. The molecule has 36 heavy (non-hydrogen) atoms. The lowest BCUT2D eigenvalue weighted by molar-refractivity contribution is -0.126. The first-order valence-corrected chi connectivity index (χ1v) is 12.8. The first kappa shape index (κ1) is 27.1. The van der Waals surface area contributed by atoms with Crippen molar-refractivity contribution in [2.75, 3.05) is 44.6 Å². The number of nitrogens with zero attached hydrogens (tertiary/aromatic N) is 3. The summed E-state index contributed by atoms with van der Waals surface area (Å²) < 4.78 is 0. The number of pyridine rings is 1. The molecule has 1 aromatic heterocycles. The second-order valence-corrected chi connectivity index (χ2v) is 8.98. The van der Waals surface area contributed by atoms with E-state index in [2.05, 4.69) is 39.7 Å². The van der Waals surface area contributed by atoms with Crippen LogP contribution < -0.4 is 16.0 Å². The largest absolute Gasteiger partial charge is 0.356 e. The van der Waals surface area contributed by atoms with Gasteiger partial charge in [-0.25, -0.2) is 4.79 Å². The third-order valence-corrected chi connectivity index (χ3v) is 6.58. The Balaban J connectivity index is 1.34. The van der Waals surface area contributed by atoms with Crippen molar-refractivity contribution in [1.82, 2.24) is 25.4 Å². The predicted molar refractivity (Wildman–Crippen MR) is 141 cm³/mol. The predicted octanol–water partition coefficient (Wildman–Crippen LogP) is 3.10. The van der Waals surface area contributed by atoms with Crippen LogP contribution in [-0.2, 0) is 11.3 Å². The van der Waals surface area contributed by atoms with E-state index in [-0.39, 0.29) is 23.8 Å². The van der Waals surface area contributed by atoms with Gasteiger partial charge in [-0.2, -0.15) is 0 Å². The van der Waals surface area contributed by atoms with E-state index in [1.165, 1.54) is 6.20 Å². The number of likely N-dealkylation sites (tertiary alicyclic amines) is 1. The number of hydrogen-bond donors (Lipinski definition) is 3. The Labute approximate surface area is 213 Å². The van der Waals surface area contributed by atoms with Crippen LogP contribution in [0.4, 0.5) is 10.5 Å². The van der Waals surface area contributed by atoms with Gasteiger partial charge in [-0.05, 0) is 68.7 Å². The van der Waals surface area contributed by atoms with Gasteiger partial charge in [0.15, 0.2) is 0 Å². The molecule has 0 saturated carbocycles. The van der Waals surface area contributed by atoms with Gasteiger partial charge in [0, 0.05) is 50.2 Å². The maximum atomic E-state index is 12.6. The molecule has 0 radical (unpaired) electrons. The van der Waals surface area contributed by atoms with Gasteiger partial charge < -0.3 is 25.8 Å². The summed E-state index contributed by atoms with van der Waals surface area (Å²) in [4.78, 5) is 45.4. The van der Waals surface area contributed by atoms with Crippen molar-refractivity contribution < 1.29 is 14.4 Å². The van der Waals surface area contributed by atoms with E-state index in [0.29, 0.717) is 50.3 Å². The fourth-order valence-corrected chi connectivity index (χ4v) is 4.24. The molecule has 9 heteroatoms. The van der Waals surface area contributed by atoms with Gasteiger partial charge in [0.25, 0.3) is 5.91 Å². The Morgan fingerprint density at radius 3 is 2.39 bits per heavy atom. The number of hydrogen-bond acceptors (Lipinski definition) is 5. The van der Waals surface area contributed by atoms with Crippen LogP contribution in [0.3, 0.4) is 0 Å². The van der Waals surface area contributed by atoms with Crippen LogP contribution in [0.1, 0.15) is 49.0 Å². The standard InChI is InChI=1S/C27H38N6O3/c1-3-32(4-2)16-6-15-29-25(34)22-12-17-33(18-13-22)27(36)30-19-21-8-10-24(11-9-21)31-26(35)23-7-5-14-28-20-23/h5,7-11,14,20,22H,3-4,6,12-13,15-19H2,1-2H3,(H,29,34)(H,30,36)(H,31,35). The van der Waals surface area contributed by atoms with Crippen molar-refractivity contribution in [3.05, 3.63) is 59.9 Å². The minimum atomic E-state index is -0.221. The molecule has 0 unspecified atom stereocenters. The normalized spacial score (nSPS) is 13.9. The number of amides is 4. The number of benzene rings is 1. The first-order valence-electron chi connectivity index (χ1n) is 12.8. The Morgan fingerprint density at radius 2 is 1.75 bits per heavy atom. The molecule has 1 aliphatic rings. The molecule has 1 aliphatic heterocycles. The van der Waals surface area contributed by atoms with E-state index in [1.54, 1.807) is 23.2 Å². The number of anilines is 1. The van der Waals surface area contributed by atoms with Crippen LogP contribution in [0.5, 0.6) is 0 Å². The molecule has 2 heterocycles. The number of piperidine rings is 1. The Kier molecular flexibility index (Phi) is 10.7. The molecule has 0 spiro atoms. The van der Waals surface area contributed by atoms with Gasteiger partial charge in [0.05, 0.1) is 5.56 Å². The van der Waals surface area contributed by atoms with Crippen molar-refractivity contribution >= 4 is 23.5 Å². The summed E-state index contributed by atoms with van der Waals surface area (Å²) in [6.07, 6.45) is 5.45. The van der Waals surface area contributed by atoms with E-state index in [4.69, 9.17) is 0 Å². The molecular weight excluding hydrogens is 456 g/mol. The van der Waals surface area contributed by atoms with Gasteiger partial charge >= 0.3 is 6.03 Å². The van der Waals surface area contributed by atoms with Crippen LogP contribution in [-0.4, -0.2) is 71.9 Å². The van der Waals surface area contributed by atoms with Crippen molar-refractivity contribution in [3.63, 3.8) is 0 Å². The fourth-order valence-electron chi connectivity index (χ4n) is 4.24. The molecule has 9 nitrogen and oxygen atoms in total. The highest BCUT2D eigenvalue weighted by Crippen LogP contribution is 2.18. The summed E-state index contributed by atoms with van der Waals surface area (Å²) >= 11 is 0. The molecule has 1 fully saturated rings. The fraction of sp³-hybridized carbons (Fsp3) is 0.481. The second-order valence-electron chi connectivity index (χ2n) is 8.98. The number of aromatic nitrogens is 1. The van der Waals surface area contributed by atoms with E-state index in [9.17, 15) is 14.4 Å². The highest BCUT2D eigenvalue weighted by atomic mass is 16.2. The quantitative estimate of drug-likeness (QED) is 0.416. The molecule has 2 aromatic rings. The number of nitrogens with one attached hydrogen (secondary N) is 3. The van der Waals surface area contributed by atoms with E-state index in [1.807, 2.05) is 24.3 Å². The Bertz CT molecular complexity index is 971. The molecule has 3 N–H and O–H groups in total. The zero-order valence-corrected chi connectivity index (χ0v) is 21.3. The third-order valence-electron chi connectivity index (χ3n) is 6.58. The Morgan fingerprint density at radius 1 is 1.03 bits per heavy atom. The molecule has 0 bridgehead atoms. The lowest BCUT2D eigenvalue weighted by Crippen LogP contribution is -2.46. The number of rotatable bonds is 11. The van der Waals surface area contributed by atoms with Crippen LogP contribution in [0.2, 0.25) is 0 Å². The molecular formula is C27H38N6O3. The van der Waals surface area contributed by atoms with Gasteiger partial charge in [-0.3, -0.25) is 14.6 Å². The average Bonchev–Trinajstić information content (AvgIpc) is 2.93. The van der Waals surface area contributed by atoms with E-state index < -0.39 is 0 Å². The van der Waals surface area contributed by atoms with E-state index in [0.717, 1.165) is 31.6 Å². The lowest BCUT2D eigenvalue weighted by atomic mass is 9.96. The van der Waals surface area contributed by atoms with Crippen molar-refractivity contribution in [2.24, 2.45) is 5.92 Å². The second kappa shape index (κ2) is 14.2. The number of urea groups is 1. The zero-order valence-electron chi connectivity index (χ0n) is 21.3. The number of carbonyl (C=O) groups excluding carboxylic acids is 3. The molecule has 1 saturated heterocycles. The van der Waals surface area contributed by atoms with Gasteiger partial charge in [0.2, 0.25) is 5.91 Å². The van der Waals surface area contributed by atoms with Gasteiger partial charge in [-0.15, -0.1) is 0 Å². The molecule has 194 valence electrons. The maximum Gasteiger partial charge on any atom is 0.317 e. The maximum absolute atomic E-state index is 12.6. The third kappa shape index (κ3) is 8.34. The molecule has 0 aliphatic carbocycles. The molecule has 3 rings (SSSR count). The molecule has 0 atom stereocenters. The first-order chi connectivity index (χ1) is 17.5. The zero-order chi connectivity index (χ0) is 25.8. The average molecular weight is 495 g/mol. The van der Waals surface area contributed by atoms with Crippen LogP contribution in [0, 0.1) is 5.92 Å². The summed E-state index contributed by atoms with van der Waals surface area (Å²) in [5.41, 5.74) is 2.10. The van der Waals surface area contributed by atoms with Gasteiger partial charge in [-0.1, -0.05) is 26.0 Å². The van der Waals surface area contributed by atoms with Gasteiger partial charge in [0.1, 0.15) is 0 Å². The van der Waals surface area contributed by atoms with Crippen molar-refractivity contribution in [2.45, 2.75) is 39.7 Å². The summed E-state index contributed by atoms with van der Waals surface area (Å²) in [6, 6.07) is 10.7. The smallest absolute Gasteiger partial charge is 0.317 e. The summed E-state index contributed by atoms with van der Waals surface area (Å²) in [6.45, 7) is 9.58. The van der Waals surface area contributed by atoms with E-state index >= 15 is 0 Å².